The number of aryl methyl sites for hydroxylation is 1. The van der Waals surface area contributed by atoms with Crippen molar-refractivity contribution in [2.24, 2.45) is 10.1 Å². The van der Waals surface area contributed by atoms with Crippen LogP contribution in [0.1, 0.15) is 16.7 Å². The summed E-state index contributed by atoms with van der Waals surface area (Å²) in [4.78, 5) is 4.74. The van der Waals surface area contributed by atoms with Gasteiger partial charge in [0.25, 0.3) is 0 Å². The Bertz CT molecular complexity index is 851. The molecule has 0 aliphatic rings. The predicted octanol–water partition coefficient (Wildman–Crippen LogP) is 4.99. The van der Waals surface area contributed by atoms with Crippen molar-refractivity contribution in [2.75, 3.05) is 0 Å². The van der Waals surface area contributed by atoms with E-state index in [4.69, 9.17) is 4.99 Å². The van der Waals surface area contributed by atoms with Crippen LogP contribution >= 0.6 is 0 Å². The van der Waals surface area contributed by atoms with Gasteiger partial charge >= 0.3 is 0 Å². The molecule has 0 aliphatic carbocycles. The van der Waals surface area contributed by atoms with Crippen molar-refractivity contribution in [3.8, 4) is 0 Å². The highest BCUT2D eigenvalue weighted by molar-refractivity contribution is 6.53. The van der Waals surface area contributed by atoms with Gasteiger partial charge in [0, 0.05) is 11.1 Å². The third-order valence-corrected chi connectivity index (χ3v) is 3.69. The first-order valence-corrected chi connectivity index (χ1v) is 7.76. The lowest BCUT2D eigenvalue weighted by atomic mass is 9.99. The molecule has 0 atom stereocenters. The average Bonchev–Trinajstić information content (AvgIpc) is 2.65. The number of nitrogens with zero attached hydrogens (tertiary/aromatic N) is 2. The van der Waals surface area contributed by atoms with E-state index in [1.165, 1.54) is 5.56 Å². The SMILES string of the molecule is Cc1ccc(N=C(/C(=N\O)c2ccccc2)c2ccccc2)cc1. The second-order valence-electron chi connectivity index (χ2n) is 5.48. The van der Waals surface area contributed by atoms with Crippen LogP contribution in [-0.4, -0.2) is 16.6 Å². The Kier molecular flexibility index (Phi) is 4.82. The van der Waals surface area contributed by atoms with E-state index >= 15 is 0 Å². The van der Waals surface area contributed by atoms with Crippen molar-refractivity contribution in [1.29, 1.82) is 0 Å². The van der Waals surface area contributed by atoms with Crippen LogP contribution in [0, 0.1) is 6.92 Å². The lowest BCUT2D eigenvalue weighted by Crippen LogP contribution is -2.17. The van der Waals surface area contributed by atoms with Gasteiger partial charge in [-0.05, 0) is 19.1 Å². The predicted molar refractivity (Wildman–Crippen MR) is 98.6 cm³/mol. The van der Waals surface area contributed by atoms with Gasteiger partial charge in [-0.1, -0.05) is 83.5 Å². The zero-order valence-corrected chi connectivity index (χ0v) is 13.4. The molecule has 0 aromatic heterocycles. The summed E-state index contributed by atoms with van der Waals surface area (Å²) in [6.45, 7) is 2.04. The van der Waals surface area contributed by atoms with E-state index < -0.39 is 0 Å². The molecule has 0 saturated carbocycles. The largest absolute Gasteiger partial charge is 0.410 e. The minimum atomic E-state index is 0.447. The summed E-state index contributed by atoms with van der Waals surface area (Å²) in [6.07, 6.45) is 0. The molecule has 0 saturated heterocycles. The molecular formula is C21H18N2O. The van der Waals surface area contributed by atoms with Gasteiger partial charge in [-0.2, -0.15) is 0 Å². The molecule has 24 heavy (non-hydrogen) atoms. The summed E-state index contributed by atoms with van der Waals surface area (Å²) in [6, 6.07) is 27.3. The normalized spacial score (nSPS) is 12.2. The maximum absolute atomic E-state index is 9.64. The molecule has 3 aromatic rings. The van der Waals surface area contributed by atoms with Crippen molar-refractivity contribution in [2.45, 2.75) is 6.92 Å². The quantitative estimate of drug-likeness (QED) is 0.411. The number of hydrogen-bond donors (Lipinski definition) is 1. The topological polar surface area (TPSA) is 45.0 Å². The van der Waals surface area contributed by atoms with Crippen LogP contribution in [0.2, 0.25) is 0 Å². The van der Waals surface area contributed by atoms with E-state index in [0.29, 0.717) is 11.4 Å². The zero-order valence-electron chi connectivity index (χ0n) is 13.4. The first kappa shape index (κ1) is 15.7. The van der Waals surface area contributed by atoms with Crippen LogP contribution < -0.4 is 0 Å². The Morgan fingerprint density at radius 1 is 0.667 bits per heavy atom. The lowest BCUT2D eigenvalue weighted by Gasteiger charge is -2.10. The van der Waals surface area contributed by atoms with Crippen molar-refractivity contribution in [3.05, 3.63) is 102 Å². The van der Waals surface area contributed by atoms with E-state index in [2.05, 4.69) is 5.16 Å². The standard InChI is InChI=1S/C21H18N2O/c1-16-12-14-19(15-13-16)22-20(17-8-4-2-5-9-17)21(23-24)18-10-6-3-7-11-18/h2-15,24H,1H3/b22-20?,23-21-. The fraction of sp³-hybridized carbons (Fsp3) is 0.0476. The van der Waals surface area contributed by atoms with Crippen molar-refractivity contribution < 1.29 is 5.21 Å². The molecule has 0 spiro atoms. The first-order valence-electron chi connectivity index (χ1n) is 7.76. The second-order valence-corrected chi connectivity index (χ2v) is 5.48. The highest BCUT2D eigenvalue weighted by Crippen LogP contribution is 2.18. The van der Waals surface area contributed by atoms with E-state index in [0.717, 1.165) is 16.8 Å². The molecule has 0 bridgehead atoms. The smallest absolute Gasteiger partial charge is 0.136 e. The Hall–Kier alpha value is -3.20. The maximum atomic E-state index is 9.64. The third kappa shape index (κ3) is 3.58. The van der Waals surface area contributed by atoms with Gasteiger partial charge in [0.2, 0.25) is 0 Å². The number of benzene rings is 3. The molecule has 0 radical (unpaired) electrons. The van der Waals surface area contributed by atoms with Gasteiger partial charge in [-0.25, -0.2) is 4.99 Å². The van der Waals surface area contributed by atoms with Crippen molar-refractivity contribution >= 4 is 17.1 Å². The van der Waals surface area contributed by atoms with Crippen LogP contribution in [0.15, 0.2) is 95.1 Å². The Balaban J connectivity index is 2.14. The number of aliphatic imine (C=N–C) groups is 1. The number of rotatable bonds is 4. The summed E-state index contributed by atoms with van der Waals surface area (Å²) in [5.74, 6) is 0. The van der Waals surface area contributed by atoms with Gasteiger partial charge < -0.3 is 5.21 Å². The van der Waals surface area contributed by atoms with E-state index in [9.17, 15) is 5.21 Å². The van der Waals surface area contributed by atoms with Crippen LogP contribution in [0.5, 0.6) is 0 Å². The minimum Gasteiger partial charge on any atom is -0.410 e. The molecule has 0 fully saturated rings. The van der Waals surface area contributed by atoms with E-state index in [1.807, 2.05) is 91.9 Å². The molecule has 3 aromatic carbocycles. The first-order chi connectivity index (χ1) is 11.8. The molecule has 3 nitrogen and oxygen atoms in total. The minimum absolute atomic E-state index is 0.447. The Morgan fingerprint density at radius 3 is 1.67 bits per heavy atom. The van der Waals surface area contributed by atoms with Crippen molar-refractivity contribution in [3.63, 3.8) is 0 Å². The molecule has 0 aliphatic heterocycles. The van der Waals surface area contributed by atoms with Crippen LogP contribution in [0.3, 0.4) is 0 Å². The molecular weight excluding hydrogens is 296 g/mol. The monoisotopic (exact) mass is 314 g/mol. The maximum Gasteiger partial charge on any atom is 0.136 e. The summed E-state index contributed by atoms with van der Waals surface area (Å²) in [5.41, 5.74) is 4.78. The summed E-state index contributed by atoms with van der Waals surface area (Å²) in [7, 11) is 0. The lowest BCUT2D eigenvalue weighted by molar-refractivity contribution is 0.320. The van der Waals surface area contributed by atoms with Gasteiger partial charge in [0.05, 0.1) is 5.69 Å². The molecule has 0 amide bonds. The summed E-state index contributed by atoms with van der Waals surface area (Å²) >= 11 is 0. The zero-order chi connectivity index (χ0) is 16.8. The number of hydrogen-bond acceptors (Lipinski definition) is 3. The van der Waals surface area contributed by atoms with Gasteiger partial charge in [-0.3, -0.25) is 0 Å². The van der Waals surface area contributed by atoms with E-state index in [-0.39, 0.29) is 0 Å². The van der Waals surface area contributed by atoms with Crippen LogP contribution in [-0.2, 0) is 0 Å². The second kappa shape index (κ2) is 7.38. The molecule has 0 unspecified atom stereocenters. The highest BCUT2D eigenvalue weighted by Gasteiger charge is 2.15. The van der Waals surface area contributed by atoms with E-state index in [1.54, 1.807) is 0 Å². The molecule has 0 heterocycles. The third-order valence-electron chi connectivity index (χ3n) is 3.69. The molecule has 3 rings (SSSR count). The average molecular weight is 314 g/mol. The molecule has 1 N–H and O–H groups in total. The number of oxime groups is 1. The van der Waals surface area contributed by atoms with Crippen LogP contribution in [0.25, 0.3) is 0 Å². The fourth-order valence-electron chi connectivity index (χ4n) is 2.44. The van der Waals surface area contributed by atoms with Gasteiger partial charge in [0.15, 0.2) is 0 Å². The Labute approximate surface area is 141 Å². The molecule has 118 valence electrons. The van der Waals surface area contributed by atoms with Crippen LogP contribution in [0.4, 0.5) is 5.69 Å². The van der Waals surface area contributed by atoms with Crippen molar-refractivity contribution in [1.82, 2.24) is 0 Å². The van der Waals surface area contributed by atoms with Gasteiger partial charge in [0.1, 0.15) is 11.4 Å². The Morgan fingerprint density at radius 2 is 1.17 bits per heavy atom. The summed E-state index contributed by atoms with van der Waals surface area (Å²) < 4.78 is 0. The fourth-order valence-corrected chi connectivity index (χ4v) is 2.44. The highest BCUT2D eigenvalue weighted by atomic mass is 16.4. The summed E-state index contributed by atoms with van der Waals surface area (Å²) in [5, 5.41) is 13.2. The molecule has 3 heteroatoms. The van der Waals surface area contributed by atoms with Gasteiger partial charge in [-0.15, -0.1) is 0 Å².